The highest BCUT2D eigenvalue weighted by Crippen LogP contribution is 2.08. The van der Waals surface area contributed by atoms with Crippen LogP contribution in [0.5, 0.6) is 0 Å². The summed E-state index contributed by atoms with van der Waals surface area (Å²) in [7, 11) is 0. The molecule has 0 unspecified atom stereocenters. The molecule has 1 N–H and O–H groups in total. The van der Waals surface area contributed by atoms with E-state index in [-0.39, 0.29) is 29.7 Å². The number of benzene rings is 1. The zero-order valence-corrected chi connectivity index (χ0v) is 13.5. The van der Waals surface area contributed by atoms with Gasteiger partial charge in [-0.2, -0.15) is 5.26 Å². The summed E-state index contributed by atoms with van der Waals surface area (Å²) < 4.78 is 13.5. The van der Waals surface area contributed by atoms with Gasteiger partial charge in [0.25, 0.3) is 5.91 Å². The predicted octanol–water partition coefficient (Wildman–Crippen LogP) is 1.01. The first-order chi connectivity index (χ1) is 11.5. The predicted molar refractivity (Wildman–Crippen MR) is 85.8 cm³/mol. The summed E-state index contributed by atoms with van der Waals surface area (Å²) in [6.07, 6.45) is 1.31. The molecule has 24 heavy (non-hydrogen) atoms. The highest BCUT2D eigenvalue weighted by molar-refractivity contribution is 5.97. The molecule has 1 aliphatic rings. The lowest BCUT2D eigenvalue weighted by molar-refractivity contribution is -0.136. The SMILES string of the molecule is CC(=O)N1CCN(C(=O)/C(C#N)=C\NCc2ccccc2F)CC1. The topological polar surface area (TPSA) is 76.4 Å². The van der Waals surface area contributed by atoms with Crippen LogP contribution in [0.3, 0.4) is 0 Å². The van der Waals surface area contributed by atoms with Crippen molar-refractivity contribution in [2.24, 2.45) is 0 Å². The van der Waals surface area contributed by atoms with E-state index in [1.165, 1.54) is 19.2 Å². The smallest absolute Gasteiger partial charge is 0.266 e. The average molecular weight is 330 g/mol. The summed E-state index contributed by atoms with van der Waals surface area (Å²) in [6.45, 7) is 3.38. The molecule has 1 fully saturated rings. The van der Waals surface area contributed by atoms with Crippen LogP contribution in [0.4, 0.5) is 4.39 Å². The molecule has 1 saturated heterocycles. The molecule has 0 saturated carbocycles. The van der Waals surface area contributed by atoms with E-state index in [0.29, 0.717) is 31.7 Å². The van der Waals surface area contributed by atoms with Crippen LogP contribution >= 0.6 is 0 Å². The molecule has 0 aliphatic carbocycles. The van der Waals surface area contributed by atoms with Crippen molar-refractivity contribution >= 4 is 11.8 Å². The summed E-state index contributed by atoms with van der Waals surface area (Å²) in [4.78, 5) is 26.8. The average Bonchev–Trinajstić information content (AvgIpc) is 2.60. The third kappa shape index (κ3) is 4.32. The van der Waals surface area contributed by atoms with Gasteiger partial charge in [-0.1, -0.05) is 18.2 Å². The molecule has 126 valence electrons. The van der Waals surface area contributed by atoms with Crippen LogP contribution in [-0.4, -0.2) is 47.8 Å². The van der Waals surface area contributed by atoms with E-state index in [4.69, 9.17) is 0 Å². The van der Waals surface area contributed by atoms with Crippen LogP contribution in [0.1, 0.15) is 12.5 Å². The third-order valence-corrected chi connectivity index (χ3v) is 3.86. The molecule has 1 aromatic carbocycles. The quantitative estimate of drug-likeness (QED) is 0.660. The minimum Gasteiger partial charge on any atom is -0.385 e. The second kappa shape index (κ2) is 8.11. The monoisotopic (exact) mass is 330 g/mol. The highest BCUT2D eigenvalue weighted by Gasteiger charge is 2.24. The number of halogens is 1. The fourth-order valence-corrected chi connectivity index (χ4v) is 2.44. The summed E-state index contributed by atoms with van der Waals surface area (Å²) in [6, 6.07) is 8.16. The number of hydrogen-bond donors (Lipinski definition) is 1. The number of hydrogen-bond acceptors (Lipinski definition) is 4. The number of nitriles is 1. The second-order valence-corrected chi connectivity index (χ2v) is 5.44. The molecule has 0 aromatic heterocycles. The van der Waals surface area contributed by atoms with Crippen LogP contribution in [0.15, 0.2) is 36.0 Å². The molecule has 0 radical (unpaired) electrons. The van der Waals surface area contributed by atoms with E-state index in [1.54, 1.807) is 28.0 Å². The van der Waals surface area contributed by atoms with Crippen molar-refractivity contribution in [2.45, 2.75) is 13.5 Å². The first-order valence-corrected chi connectivity index (χ1v) is 7.64. The minimum atomic E-state index is -0.387. The fraction of sp³-hybridized carbons (Fsp3) is 0.353. The number of rotatable bonds is 4. The Morgan fingerprint density at radius 2 is 1.88 bits per heavy atom. The van der Waals surface area contributed by atoms with Crippen LogP contribution in [0.25, 0.3) is 0 Å². The van der Waals surface area contributed by atoms with E-state index in [1.807, 2.05) is 6.07 Å². The zero-order chi connectivity index (χ0) is 17.5. The lowest BCUT2D eigenvalue weighted by Gasteiger charge is -2.34. The molecule has 2 rings (SSSR count). The van der Waals surface area contributed by atoms with Gasteiger partial charge in [-0.05, 0) is 6.07 Å². The molecule has 6 nitrogen and oxygen atoms in total. The van der Waals surface area contributed by atoms with Gasteiger partial charge in [0.05, 0.1) is 0 Å². The standard InChI is InChI=1S/C17H19FN4O2/c1-13(23)21-6-8-22(9-7-21)17(24)15(10-19)12-20-11-14-4-2-3-5-16(14)18/h2-5,12,20H,6-9,11H2,1H3/b15-12-. The van der Waals surface area contributed by atoms with Crippen molar-refractivity contribution in [1.82, 2.24) is 15.1 Å². The van der Waals surface area contributed by atoms with Gasteiger partial charge in [-0.25, -0.2) is 4.39 Å². The summed E-state index contributed by atoms with van der Waals surface area (Å²) in [5, 5.41) is 12.0. The van der Waals surface area contributed by atoms with Crippen molar-refractivity contribution < 1.29 is 14.0 Å². The van der Waals surface area contributed by atoms with Crippen LogP contribution < -0.4 is 5.32 Å². The van der Waals surface area contributed by atoms with E-state index in [2.05, 4.69) is 5.32 Å². The Kier molecular flexibility index (Phi) is 5.90. The Labute approximate surface area is 140 Å². The van der Waals surface area contributed by atoms with Gasteiger partial charge in [0.15, 0.2) is 0 Å². The van der Waals surface area contributed by atoms with E-state index in [9.17, 15) is 19.2 Å². The van der Waals surface area contributed by atoms with Gasteiger partial charge < -0.3 is 15.1 Å². The second-order valence-electron chi connectivity index (χ2n) is 5.44. The Hall–Kier alpha value is -2.88. The molecule has 7 heteroatoms. The first kappa shape index (κ1) is 17.5. The number of carbonyl (C=O) groups excluding carboxylic acids is 2. The van der Waals surface area contributed by atoms with E-state index < -0.39 is 0 Å². The number of piperazine rings is 1. The molecule has 1 heterocycles. The van der Waals surface area contributed by atoms with Crippen LogP contribution in [0.2, 0.25) is 0 Å². The molecule has 0 bridgehead atoms. The molecule has 2 amide bonds. The van der Waals surface area contributed by atoms with Crippen molar-refractivity contribution in [3.8, 4) is 6.07 Å². The maximum atomic E-state index is 13.5. The normalized spacial score (nSPS) is 15.0. The summed E-state index contributed by atoms with van der Waals surface area (Å²) in [5.74, 6) is -0.755. The van der Waals surface area contributed by atoms with Gasteiger partial charge in [0.2, 0.25) is 5.91 Å². The molecule has 1 aromatic rings. The van der Waals surface area contributed by atoms with Gasteiger partial charge in [0.1, 0.15) is 17.5 Å². The highest BCUT2D eigenvalue weighted by atomic mass is 19.1. The maximum absolute atomic E-state index is 13.5. The van der Waals surface area contributed by atoms with E-state index in [0.717, 1.165) is 0 Å². The lowest BCUT2D eigenvalue weighted by Crippen LogP contribution is -2.50. The van der Waals surface area contributed by atoms with Gasteiger partial charge >= 0.3 is 0 Å². The van der Waals surface area contributed by atoms with Crippen molar-refractivity contribution in [3.05, 3.63) is 47.4 Å². The minimum absolute atomic E-state index is 0.0234. The first-order valence-electron chi connectivity index (χ1n) is 7.64. The van der Waals surface area contributed by atoms with Crippen LogP contribution in [0, 0.1) is 17.1 Å². The van der Waals surface area contributed by atoms with Gasteiger partial charge in [-0.3, -0.25) is 9.59 Å². The van der Waals surface area contributed by atoms with Crippen molar-refractivity contribution in [2.75, 3.05) is 26.2 Å². The maximum Gasteiger partial charge on any atom is 0.266 e. The zero-order valence-electron chi connectivity index (χ0n) is 13.5. The Bertz CT molecular complexity index is 688. The van der Waals surface area contributed by atoms with E-state index >= 15 is 0 Å². The number of amides is 2. The third-order valence-electron chi connectivity index (χ3n) is 3.86. The molecule has 0 atom stereocenters. The van der Waals surface area contributed by atoms with Crippen LogP contribution in [-0.2, 0) is 16.1 Å². The van der Waals surface area contributed by atoms with Crippen molar-refractivity contribution in [1.29, 1.82) is 5.26 Å². The molecular formula is C17H19FN4O2. The van der Waals surface area contributed by atoms with Crippen molar-refractivity contribution in [3.63, 3.8) is 0 Å². The molecule has 1 aliphatic heterocycles. The fourth-order valence-electron chi connectivity index (χ4n) is 2.44. The molecular weight excluding hydrogens is 311 g/mol. The Morgan fingerprint density at radius 1 is 1.25 bits per heavy atom. The van der Waals surface area contributed by atoms with Gasteiger partial charge in [0, 0.05) is 51.4 Å². The number of carbonyl (C=O) groups is 2. The Morgan fingerprint density at radius 3 is 2.46 bits per heavy atom. The Balaban J connectivity index is 1.93. The number of nitrogens with zero attached hydrogens (tertiary/aromatic N) is 3. The largest absolute Gasteiger partial charge is 0.385 e. The lowest BCUT2D eigenvalue weighted by atomic mass is 10.2. The van der Waals surface area contributed by atoms with Gasteiger partial charge in [-0.15, -0.1) is 0 Å². The summed E-state index contributed by atoms with van der Waals surface area (Å²) in [5.41, 5.74) is 0.413. The molecule has 0 spiro atoms. The summed E-state index contributed by atoms with van der Waals surface area (Å²) >= 11 is 0. The number of nitrogens with one attached hydrogen (secondary N) is 1.